The molecule has 0 saturated carbocycles. The number of ether oxygens (including phenoxy) is 2. The van der Waals surface area contributed by atoms with Crippen LogP contribution in [-0.4, -0.2) is 30.2 Å². The summed E-state index contributed by atoms with van der Waals surface area (Å²) in [6, 6.07) is 33.6. The molecule has 0 aliphatic carbocycles. The number of hydrogen-bond acceptors (Lipinski definition) is 6. The lowest BCUT2D eigenvalue weighted by molar-refractivity contribution is -0.118. The van der Waals surface area contributed by atoms with Gasteiger partial charge in [0, 0.05) is 5.69 Å². The van der Waals surface area contributed by atoms with Crippen LogP contribution in [0.15, 0.2) is 119 Å². The van der Waals surface area contributed by atoms with E-state index in [-0.39, 0.29) is 18.4 Å². The molecule has 1 N–H and O–H groups in total. The van der Waals surface area contributed by atoms with Gasteiger partial charge < -0.3 is 14.8 Å². The molecule has 200 valence electrons. The summed E-state index contributed by atoms with van der Waals surface area (Å²) in [5.41, 5.74) is 2.96. The van der Waals surface area contributed by atoms with Crippen molar-refractivity contribution >= 4 is 51.9 Å². The number of anilines is 2. The van der Waals surface area contributed by atoms with E-state index in [0.717, 1.165) is 16.9 Å². The van der Waals surface area contributed by atoms with Crippen LogP contribution in [0.5, 0.6) is 11.5 Å². The molecular formula is C32H27N3O4S. The van der Waals surface area contributed by atoms with Gasteiger partial charge in [0.2, 0.25) is 0 Å². The normalized spacial score (nSPS) is 14.9. The molecule has 0 bridgehead atoms. The van der Waals surface area contributed by atoms with E-state index in [1.165, 1.54) is 11.8 Å². The minimum Gasteiger partial charge on any atom is -0.490 e. The molecular weight excluding hydrogens is 522 g/mol. The van der Waals surface area contributed by atoms with Gasteiger partial charge in [-0.2, -0.15) is 0 Å². The fourth-order valence-corrected chi connectivity index (χ4v) is 4.98. The van der Waals surface area contributed by atoms with E-state index in [9.17, 15) is 9.59 Å². The van der Waals surface area contributed by atoms with Crippen LogP contribution < -0.4 is 19.7 Å². The summed E-state index contributed by atoms with van der Waals surface area (Å²) >= 11 is 1.31. The van der Waals surface area contributed by atoms with Crippen molar-refractivity contribution in [2.75, 3.05) is 23.4 Å². The molecule has 1 aliphatic heterocycles. The number of nitrogens with one attached hydrogen (secondary N) is 1. The summed E-state index contributed by atoms with van der Waals surface area (Å²) in [7, 11) is 0. The van der Waals surface area contributed by atoms with Gasteiger partial charge in [-0.15, -0.1) is 0 Å². The van der Waals surface area contributed by atoms with E-state index in [1.807, 2.05) is 110 Å². The first-order valence-corrected chi connectivity index (χ1v) is 13.6. The molecule has 4 aromatic rings. The second kappa shape index (κ2) is 12.8. The zero-order valence-corrected chi connectivity index (χ0v) is 22.6. The van der Waals surface area contributed by atoms with Crippen molar-refractivity contribution in [2.24, 2.45) is 4.99 Å². The van der Waals surface area contributed by atoms with Crippen LogP contribution in [0.2, 0.25) is 0 Å². The Kier molecular flexibility index (Phi) is 8.58. The first-order chi connectivity index (χ1) is 19.6. The van der Waals surface area contributed by atoms with E-state index in [0.29, 0.717) is 33.9 Å². The summed E-state index contributed by atoms with van der Waals surface area (Å²) in [5, 5.41) is 3.37. The summed E-state index contributed by atoms with van der Waals surface area (Å²) in [5.74, 6) is 0.480. The highest BCUT2D eigenvalue weighted by Gasteiger charge is 2.34. The third-order valence-electron chi connectivity index (χ3n) is 5.78. The van der Waals surface area contributed by atoms with E-state index >= 15 is 0 Å². The molecule has 0 radical (unpaired) electrons. The Morgan fingerprint density at radius 1 is 0.875 bits per heavy atom. The first-order valence-electron chi connectivity index (χ1n) is 12.8. The topological polar surface area (TPSA) is 80.2 Å². The average Bonchev–Trinajstić information content (AvgIpc) is 3.28. The largest absolute Gasteiger partial charge is 0.490 e. The van der Waals surface area contributed by atoms with Crippen LogP contribution >= 0.6 is 11.8 Å². The van der Waals surface area contributed by atoms with E-state index in [4.69, 9.17) is 14.5 Å². The predicted molar refractivity (Wildman–Crippen MR) is 161 cm³/mol. The number of para-hydroxylation sites is 3. The number of thioether (sulfide) groups is 1. The second-order valence-corrected chi connectivity index (χ2v) is 9.67. The van der Waals surface area contributed by atoms with Crippen LogP contribution in [0.4, 0.5) is 17.1 Å². The van der Waals surface area contributed by atoms with Crippen molar-refractivity contribution < 1.29 is 19.1 Å². The van der Waals surface area contributed by atoms with Gasteiger partial charge in [-0.25, -0.2) is 4.99 Å². The molecule has 5 rings (SSSR count). The van der Waals surface area contributed by atoms with Gasteiger partial charge >= 0.3 is 0 Å². The Labute approximate surface area is 237 Å². The number of amidine groups is 1. The Bertz CT molecular complexity index is 1540. The predicted octanol–water partition coefficient (Wildman–Crippen LogP) is 6.91. The zero-order chi connectivity index (χ0) is 27.7. The molecule has 1 saturated heterocycles. The number of aliphatic imine (C=N–C) groups is 1. The van der Waals surface area contributed by atoms with Crippen molar-refractivity contribution in [1.29, 1.82) is 0 Å². The Morgan fingerprint density at radius 2 is 1.55 bits per heavy atom. The molecule has 1 aliphatic rings. The molecule has 8 heteroatoms. The van der Waals surface area contributed by atoms with Gasteiger partial charge in [0.1, 0.15) is 0 Å². The van der Waals surface area contributed by atoms with Gasteiger partial charge in [0.25, 0.3) is 11.8 Å². The Balaban J connectivity index is 1.38. The van der Waals surface area contributed by atoms with Gasteiger partial charge in [-0.3, -0.25) is 14.5 Å². The average molecular weight is 550 g/mol. The van der Waals surface area contributed by atoms with E-state index < -0.39 is 0 Å². The standard InChI is InChI=1S/C32H27N3O4S/c1-2-38-28-20-23(18-19-27(28)39-22-30(36)33-24-12-6-3-7-13-24)21-29-31(37)35(26-16-10-5-11-17-26)32(40-29)34-25-14-8-4-9-15-25/h3-21H,2,22H2,1H3,(H,33,36)/b29-21+,34-32?. The number of nitrogens with zero attached hydrogens (tertiary/aromatic N) is 2. The molecule has 0 spiro atoms. The van der Waals surface area contributed by atoms with E-state index in [1.54, 1.807) is 17.0 Å². The molecule has 0 unspecified atom stereocenters. The Hall–Kier alpha value is -4.82. The number of amides is 2. The van der Waals surface area contributed by atoms with Crippen LogP contribution in [-0.2, 0) is 9.59 Å². The number of rotatable bonds is 9. The highest BCUT2D eigenvalue weighted by atomic mass is 32.2. The zero-order valence-electron chi connectivity index (χ0n) is 21.8. The highest BCUT2D eigenvalue weighted by Crippen LogP contribution is 2.38. The maximum absolute atomic E-state index is 13.6. The summed E-state index contributed by atoms with van der Waals surface area (Å²) in [6.45, 7) is 2.11. The summed E-state index contributed by atoms with van der Waals surface area (Å²) < 4.78 is 11.6. The van der Waals surface area contributed by atoms with Crippen LogP contribution in [0, 0.1) is 0 Å². The third-order valence-corrected chi connectivity index (χ3v) is 6.75. The third kappa shape index (κ3) is 6.59. The van der Waals surface area contributed by atoms with Gasteiger partial charge in [0.15, 0.2) is 23.3 Å². The minimum absolute atomic E-state index is 0.165. The van der Waals surface area contributed by atoms with Gasteiger partial charge in [-0.1, -0.05) is 60.7 Å². The maximum atomic E-state index is 13.6. The molecule has 7 nitrogen and oxygen atoms in total. The molecule has 40 heavy (non-hydrogen) atoms. The van der Waals surface area contributed by atoms with Crippen molar-refractivity contribution in [3.63, 3.8) is 0 Å². The summed E-state index contributed by atoms with van der Waals surface area (Å²) in [6.07, 6.45) is 1.81. The smallest absolute Gasteiger partial charge is 0.271 e. The van der Waals surface area contributed by atoms with Crippen molar-refractivity contribution in [3.05, 3.63) is 120 Å². The second-order valence-electron chi connectivity index (χ2n) is 8.66. The Morgan fingerprint density at radius 3 is 2.25 bits per heavy atom. The number of benzene rings is 4. The number of hydrogen-bond donors (Lipinski definition) is 1. The van der Waals surface area contributed by atoms with Gasteiger partial charge in [-0.05, 0) is 78.9 Å². The maximum Gasteiger partial charge on any atom is 0.271 e. The van der Waals surface area contributed by atoms with Crippen LogP contribution in [0.3, 0.4) is 0 Å². The lowest BCUT2D eigenvalue weighted by Crippen LogP contribution is -2.28. The summed E-state index contributed by atoms with van der Waals surface area (Å²) in [4.78, 5) is 32.8. The molecule has 2 amide bonds. The fraction of sp³-hybridized carbons (Fsp3) is 0.0938. The molecule has 1 heterocycles. The SMILES string of the molecule is CCOc1cc(/C=C2/SC(=Nc3ccccc3)N(c3ccccc3)C2=O)ccc1OCC(=O)Nc1ccccc1. The fourth-order valence-electron chi connectivity index (χ4n) is 3.98. The van der Waals surface area contributed by atoms with Crippen LogP contribution in [0.1, 0.15) is 12.5 Å². The minimum atomic E-state index is -0.279. The highest BCUT2D eigenvalue weighted by molar-refractivity contribution is 8.19. The van der Waals surface area contributed by atoms with Crippen molar-refractivity contribution in [3.8, 4) is 11.5 Å². The monoisotopic (exact) mass is 549 g/mol. The van der Waals surface area contributed by atoms with Crippen molar-refractivity contribution in [1.82, 2.24) is 0 Å². The number of carbonyl (C=O) groups is 2. The molecule has 4 aromatic carbocycles. The van der Waals surface area contributed by atoms with E-state index in [2.05, 4.69) is 5.32 Å². The lowest BCUT2D eigenvalue weighted by atomic mass is 10.1. The quantitative estimate of drug-likeness (QED) is 0.230. The number of carbonyl (C=O) groups excluding carboxylic acids is 2. The first kappa shape index (κ1) is 26.8. The molecule has 1 fully saturated rings. The van der Waals surface area contributed by atoms with Crippen molar-refractivity contribution in [2.45, 2.75) is 6.92 Å². The van der Waals surface area contributed by atoms with Crippen LogP contribution in [0.25, 0.3) is 6.08 Å². The van der Waals surface area contributed by atoms with Gasteiger partial charge in [0.05, 0.1) is 22.9 Å². The molecule has 0 aromatic heterocycles. The lowest BCUT2D eigenvalue weighted by Gasteiger charge is -2.15. The molecule has 0 atom stereocenters.